The third kappa shape index (κ3) is 5.19. The molecule has 0 radical (unpaired) electrons. The number of methoxy groups -OCH3 is 1. The Balaban J connectivity index is 1.76. The Hall–Kier alpha value is -3.43. The molecule has 0 aliphatic rings. The highest BCUT2D eigenvalue weighted by molar-refractivity contribution is 7.89. The van der Waals surface area contributed by atoms with Gasteiger partial charge in [0, 0.05) is 35.6 Å². The molecule has 0 spiro atoms. The van der Waals surface area contributed by atoms with Crippen molar-refractivity contribution in [2.45, 2.75) is 17.4 Å². The fourth-order valence-electron chi connectivity index (χ4n) is 3.13. The molecule has 31 heavy (non-hydrogen) atoms. The number of aromatic amines is 1. The first-order valence-electron chi connectivity index (χ1n) is 9.50. The Morgan fingerprint density at radius 3 is 2.55 bits per heavy atom. The van der Waals surface area contributed by atoms with Crippen LogP contribution in [0.15, 0.2) is 72.3 Å². The number of ether oxygens (including phenoxy) is 1. The smallest absolute Gasteiger partial charge is 0.328 e. The van der Waals surface area contributed by atoms with E-state index in [1.165, 1.54) is 37.5 Å². The highest BCUT2D eigenvalue weighted by atomic mass is 32.2. The van der Waals surface area contributed by atoms with Crippen molar-refractivity contribution in [2.24, 2.45) is 0 Å². The van der Waals surface area contributed by atoms with Crippen molar-refractivity contribution in [2.75, 3.05) is 13.7 Å². The van der Waals surface area contributed by atoms with Gasteiger partial charge in [0.2, 0.25) is 10.0 Å². The van der Waals surface area contributed by atoms with Gasteiger partial charge in [0.15, 0.2) is 0 Å². The van der Waals surface area contributed by atoms with Crippen molar-refractivity contribution < 1.29 is 22.7 Å². The number of H-pyrrole nitrogens is 1. The molecule has 0 aliphatic carbocycles. The van der Waals surface area contributed by atoms with Gasteiger partial charge in [-0.2, -0.15) is 0 Å². The maximum atomic E-state index is 12.7. The number of amides is 1. The summed E-state index contributed by atoms with van der Waals surface area (Å²) in [4.78, 5) is 28.1. The van der Waals surface area contributed by atoms with Crippen LogP contribution in [0.4, 0.5) is 0 Å². The molecule has 3 aromatic rings. The van der Waals surface area contributed by atoms with E-state index in [0.717, 1.165) is 16.5 Å². The minimum absolute atomic E-state index is 0.0224. The van der Waals surface area contributed by atoms with E-state index in [0.29, 0.717) is 0 Å². The van der Waals surface area contributed by atoms with Gasteiger partial charge in [0.1, 0.15) is 6.04 Å². The van der Waals surface area contributed by atoms with Gasteiger partial charge in [-0.25, -0.2) is 17.9 Å². The van der Waals surface area contributed by atoms with E-state index in [1.807, 2.05) is 24.3 Å². The molecular formula is C22H23N3O5S. The summed E-state index contributed by atoms with van der Waals surface area (Å²) in [6, 6.07) is 12.2. The summed E-state index contributed by atoms with van der Waals surface area (Å²) >= 11 is 0. The molecule has 1 amide bonds. The monoisotopic (exact) mass is 441 g/mol. The Bertz CT molecular complexity index is 1200. The SMILES string of the molecule is C=CCNS(=O)(=O)c1ccc(C(=O)N[C@H](Cc2c[nH]c3ccccc23)C(=O)OC)cc1. The molecule has 0 aliphatic heterocycles. The van der Waals surface area contributed by atoms with Crippen LogP contribution in [0.5, 0.6) is 0 Å². The van der Waals surface area contributed by atoms with Gasteiger partial charge in [-0.3, -0.25) is 4.79 Å². The van der Waals surface area contributed by atoms with Crippen LogP contribution in [-0.2, 0) is 26.0 Å². The molecule has 1 atom stereocenters. The van der Waals surface area contributed by atoms with Crippen LogP contribution in [0.1, 0.15) is 15.9 Å². The van der Waals surface area contributed by atoms with E-state index in [9.17, 15) is 18.0 Å². The number of hydrogen-bond donors (Lipinski definition) is 3. The largest absolute Gasteiger partial charge is 0.467 e. The van der Waals surface area contributed by atoms with Gasteiger partial charge in [-0.1, -0.05) is 24.3 Å². The van der Waals surface area contributed by atoms with Gasteiger partial charge in [0.25, 0.3) is 5.91 Å². The molecular weight excluding hydrogens is 418 g/mol. The Morgan fingerprint density at radius 1 is 1.16 bits per heavy atom. The predicted octanol–water partition coefficient (Wildman–Crippen LogP) is 2.15. The number of hydrogen-bond acceptors (Lipinski definition) is 5. The molecule has 1 heterocycles. The molecule has 0 bridgehead atoms. The summed E-state index contributed by atoms with van der Waals surface area (Å²) in [6.07, 6.45) is 3.46. The fourth-order valence-corrected chi connectivity index (χ4v) is 4.13. The minimum Gasteiger partial charge on any atom is -0.467 e. The lowest BCUT2D eigenvalue weighted by Crippen LogP contribution is -2.43. The lowest BCUT2D eigenvalue weighted by atomic mass is 10.0. The van der Waals surface area contributed by atoms with Crippen LogP contribution < -0.4 is 10.0 Å². The molecule has 0 fully saturated rings. The summed E-state index contributed by atoms with van der Waals surface area (Å²) in [5.41, 5.74) is 2.01. The quantitative estimate of drug-likeness (QED) is 0.347. The Morgan fingerprint density at radius 2 is 1.87 bits per heavy atom. The fraction of sp³-hybridized carbons (Fsp3) is 0.182. The Labute approximate surface area is 180 Å². The lowest BCUT2D eigenvalue weighted by Gasteiger charge is -2.16. The van der Waals surface area contributed by atoms with Crippen molar-refractivity contribution in [1.29, 1.82) is 0 Å². The second-order valence-corrected chi connectivity index (χ2v) is 8.54. The summed E-state index contributed by atoms with van der Waals surface area (Å²) < 4.78 is 31.5. The molecule has 162 valence electrons. The standard InChI is InChI=1S/C22H23N3O5S/c1-3-12-24-31(28,29)17-10-8-15(9-11-17)21(26)25-20(22(27)30-2)13-16-14-23-19-7-5-4-6-18(16)19/h3-11,14,20,23-24H,1,12-13H2,2H3,(H,25,26)/t20-/m1/s1. The van der Waals surface area contributed by atoms with E-state index >= 15 is 0 Å². The summed E-state index contributed by atoms with van der Waals surface area (Å²) in [7, 11) is -2.43. The van der Waals surface area contributed by atoms with Crippen molar-refractivity contribution in [3.8, 4) is 0 Å². The van der Waals surface area contributed by atoms with Crippen LogP contribution in [0.2, 0.25) is 0 Å². The lowest BCUT2D eigenvalue weighted by molar-refractivity contribution is -0.142. The van der Waals surface area contributed by atoms with Crippen molar-refractivity contribution in [3.05, 3.63) is 78.5 Å². The van der Waals surface area contributed by atoms with Crippen LogP contribution in [0.3, 0.4) is 0 Å². The van der Waals surface area contributed by atoms with Gasteiger partial charge in [-0.15, -0.1) is 6.58 Å². The number of carbonyl (C=O) groups is 2. The van der Waals surface area contributed by atoms with E-state index in [1.54, 1.807) is 6.20 Å². The van der Waals surface area contributed by atoms with Crippen LogP contribution in [-0.4, -0.2) is 45.0 Å². The topological polar surface area (TPSA) is 117 Å². The highest BCUT2D eigenvalue weighted by Gasteiger charge is 2.24. The molecule has 0 saturated heterocycles. The van der Waals surface area contributed by atoms with Crippen LogP contribution >= 0.6 is 0 Å². The first-order valence-corrected chi connectivity index (χ1v) is 11.0. The number of carbonyl (C=O) groups excluding carboxylic acids is 2. The average Bonchev–Trinajstić information content (AvgIpc) is 3.19. The summed E-state index contributed by atoms with van der Waals surface area (Å²) in [5, 5.41) is 3.62. The normalized spacial score (nSPS) is 12.3. The molecule has 3 N–H and O–H groups in total. The third-order valence-corrected chi connectivity index (χ3v) is 6.17. The molecule has 2 aromatic carbocycles. The van der Waals surface area contributed by atoms with Crippen molar-refractivity contribution in [1.82, 2.24) is 15.0 Å². The molecule has 8 nitrogen and oxygen atoms in total. The zero-order valence-corrected chi connectivity index (χ0v) is 17.7. The number of fused-ring (bicyclic) bond motifs is 1. The molecule has 1 aromatic heterocycles. The first-order chi connectivity index (χ1) is 14.9. The number of rotatable bonds is 9. The molecule has 0 unspecified atom stereocenters. The zero-order valence-electron chi connectivity index (χ0n) is 16.9. The maximum Gasteiger partial charge on any atom is 0.328 e. The number of nitrogens with one attached hydrogen (secondary N) is 3. The highest BCUT2D eigenvalue weighted by Crippen LogP contribution is 2.19. The van der Waals surface area contributed by atoms with Crippen molar-refractivity contribution in [3.63, 3.8) is 0 Å². The van der Waals surface area contributed by atoms with Crippen LogP contribution in [0, 0.1) is 0 Å². The second kappa shape index (κ2) is 9.59. The first kappa shape index (κ1) is 22.3. The zero-order chi connectivity index (χ0) is 22.4. The summed E-state index contributed by atoms with van der Waals surface area (Å²) in [5.74, 6) is -1.09. The molecule has 0 saturated carbocycles. The average molecular weight is 442 g/mol. The van der Waals surface area contributed by atoms with E-state index in [-0.39, 0.29) is 23.4 Å². The van der Waals surface area contributed by atoms with Gasteiger partial charge in [0.05, 0.1) is 12.0 Å². The predicted molar refractivity (Wildman–Crippen MR) is 117 cm³/mol. The molecule has 9 heteroatoms. The van der Waals surface area contributed by atoms with Gasteiger partial charge in [-0.05, 0) is 35.9 Å². The van der Waals surface area contributed by atoms with E-state index < -0.39 is 27.9 Å². The number of sulfonamides is 1. The Kier molecular flexibility index (Phi) is 6.88. The molecule has 3 rings (SSSR count). The minimum atomic E-state index is -3.69. The third-order valence-electron chi connectivity index (χ3n) is 4.73. The summed E-state index contributed by atoms with van der Waals surface area (Å²) in [6.45, 7) is 3.56. The second-order valence-electron chi connectivity index (χ2n) is 6.78. The number of esters is 1. The number of para-hydroxylation sites is 1. The van der Waals surface area contributed by atoms with Crippen molar-refractivity contribution >= 4 is 32.8 Å². The van der Waals surface area contributed by atoms with E-state index in [2.05, 4.69) is 21.6 Å². The number of benzene rings is 2. The maximum absolute atomic E-state index is 12.7. The number of aromatic nitrogens is 1. The van der Waals surface area contributed by atoms with Gasteiger partial charge < -0.3 is 15.0 Å². The van der Waals surface area contributed by atoms with Crippen LogP contribution in [0.25, 0.3) is 10.9 Å². The van der Waals surface area contributed by atoms with E-state index in [4.69, 9.17) is 4.74 Å². The van der Waals surface area contributed by atoms with Gasteiger partial charge >= 0.3 is 5.97 Å².